The van der Waals surface area contributed by atoms with Gasteiger partial charge in [0.05, 0.1) is 5.70 Å². The second-order valence-electron chi connectivity index (χ2n) is 2.29. The third-order valence-electron chi connectivity index (χ3n) is 1.35. The Bertz CT molecular complexity index is 242. The van der Waals surface area contributed by atoms with Crippen molar-refractivity contribution in [3.8, 4) is 0 Å². The van der Waals surface area contributed by atoms with Gasteiger partial charge in [-0.25, -0.2) is 0 Å². The molecule has 0 saturated heterocycles. The molecule has 0 spiro atoms. The highest BCUT2D eigenvalue weighted by molar-refractivity contribution is 5.71. The molecule has 0 unspecified atom stereocenters. The van der Waals surface area contributed by atoms with E-state index in [9.17, 15) is 0 Å². The second-order valence-corrected chi connectivity index (χ2v) is 2.29. The van der Waals surface area contributed by atoms with Gasteiger partial charge >= 0.3 is 0 Å². The standard InChI is InChI=1S/C11H15N/c1-5-8-11(10(4)7-3)12-9-6-2/h5-9H,2-3H2,1,4H3/b8-5-,11-10+,12-9-. The van der Waals surface area contributed by atoms with Crippen LogP contribution in [0.1, 0.15) is 13.8 Å². The molecule has 12 heavy (non-hydrogen) atoms. The zero-order valence-corrected chi connectivity index (χ0v) is 7.75. The molecule has 64 valence electrons. The molecule has 0 aromatic carbocycles. The lowest BCUT2D eigenvalue weighted by atomic mass is 10.2. The first-order chi connectivity index (χ1) is 5.76. The van der Waals surface area contributed by atoms with Gasteiger partial charge in [0, 0.05) is 6.21 Å². The van der Waals surface area contributed by atoms with E-state index >= 15 is 0 Å². The smallest absolute Gasteiger partial charge is 0.0655 e. The second kappa shape index (κ2) is 6.35. The van der Waals surface area contributed by atoms with E-state index in [1.165, 1.54) is 0 Å². The van der Waals surface area contributed by atoms with Crippen LogP contribution < -0.4 is 0 Å². The first kappa shape index (κ1) is 10.6. The van der Waals surface area contributed by atoms with Crippen LogP contribution in [-0.2, 0) is 0 Å². The Morgan fingerprint density at radius 1 is 1.33 bits per heavy atom. The minimum atomic E-state index is 0.924. The summed E-state index contributed by atoms with van der Waals surface area (Å²) in [5.41, 5.74) is 1.98. The Morgan fingerprint density at radius 2 is 2.00 bits per heavy atom. The Balaban J connectivity index is 4.76. The molecule has 0 amide bonds. The van der Waals surface area contributed by atoms with Crippen molar-refractivity contribution in [1.82, 2.24) is 0 Å². The van der Waals surface area contributed by atoms with Crippen LogP contribution in [-0.4, -0.2) is 6.21 Å². The van der Waals surface area contributed by atoms with Gasteiger partial charge in [-0.05, 0) is 25.5 Å². The summed E-state index contributed by atoms with van der Waals surface area (Å²) in [5, 5.41) is 0. The molecule has 0 aliphatic heterocycles. The van der Waals surface area contributed by atoms with Crippen LogP contribution in [0.2, 0.25) is 0 Å². The van der Waals surface area contributed by atoms with Crippen molar-refractivity contribution in [3.05, 3.63) is 48.7 Å². The van der Waals surface area contributed by atoms with Gasteiger partial charge < -0.3 is 0 Å². The minimum Gasteiger partial charge on any atom is -0.257 e. The fourth-order valence-corrected chi connectivity index (χ4v) is 0.672. The highest BCUT2D eigenvalue weighted by atomic mass is 14.7. The average molecular weight is 161 g/mol. The summed E-state index contributed by atoms with van der Waals surface area (Å²) in [7, 11) is 0. The van der Waals surface area contributed by atoms with Crippen LogP contribution in [0.5, 0.6) is 0 Å². The normalized spacial score (nSPS) is 13.5. The third kappa shape index (κ3) is 3.71. The highest BCUT2D eigenvalue weighted by Gasteiger charge is 1.89. The zero-order chi connectivity index (χ0) is 9.40. The molecular formula is C11H15N. The van der Waals surface area contributed by atoms with Gasteiger partial charge in [0.2, 0.25) is 0 Å². The van der Waals surface area contributed by atoms with E-state index in [0.29, 0.717) is 0 Å². The predicted octanol–water partition coefficient (Wildman–Crippen LogP) is 3.28. The van der Waals surface area contributed by atoms with E-state index in [0.717, 1.165) is 11.3 Å². The Morgan fingerprint density at radius 3 is 2.42 bits per heavy atom. The number of allylic oxidation sites excluding steroid dienone is 5. The molecule has 0 rings (SSSR count). The Labute approximate surface area is 74.5 Å². The van der Waals surface area contributed by atoms with E-state index in [1.807, 2.05) is 26.0 Å². The molecule has 0 radical (unpaired) electrons. The SMILES string of the molecule is C=C\C=N/C(/C=C\C)=C(\C)C=C. The summed E-state index contributed by atoms with van der Waals surface area (Å²) >= 11 is 0. The van der Waals surface area contributed by atoms with Gasteiger partial charge in [-0.15, -0.1) is 0 Å². The Hall–Kier alpha value is -1.37. The van der Waals surface area contributed by atoms with Crippen molar-refractivity contribution in [2.45, 2.75) is 13.8 Å². The minimum absolute atomic E-state index is 0.924. The van der Waals surface area contributed by atoms with Crippen molar-refractivity contribution in [3.63, 3.8) is 0 Å². The molecule has 0 aromatic rings. The summed E-state index contributed by atoms with van der Waals surface area (Å²) in [6.07, 6.45) is 9.00. The molecule has 0 aliphatic rings. The topological polar surface area (TPSA) is 12.4 Å². The van der Waals surface area contributed by atoms with Gasteiger partial charge in [-0.2, -0.15) is 0 Å². The van der Waals surface area contributed by atoms with Crippen molar-refractivity contribution in [1.29, 1.82) is 0 Å². The maximum absolute atomic E-state index is 4.18. The fraction of sp³-hybridized carbons (Fsp3) is 0.182. The molecule has 0 atom stereocenters. The van der Waals surface area contributed by atoms with Gasteiger partial charge in [-0.1, -0.05) is 31.4 Å². The molecule has 1 heteroatoms. The summed E-state index contributed by atoms with van der Waals surface area (Å²) < 4.78 is 0. The highest BCUT2D eigenvalue weighted by Crippen LogP contribution is 2.07. The summed E-state index contributed by atoms with van der Waals surface area (Å²) in [4.78, 5) is 4.18. The molecule has 0 fully saturated rings. The van der Waals surface area contributed by atoms with Crippen LogP contribution in [0, 0.1) is 0 Å². The number of hydrogen-bond donors (Lipinski definition) is 0. The average Bonchev–Trinajstić information content (AvgIpc) is 2.11. The maximum atomic E-state index is 4.18. The quantitative estimate of drug-likeness (QED) is 0.443. The molecule has 0 saturated carbocycles. The van der Waals surface area contributed by atoms with Crippen LogP contribution >= 0.6 is 0 Å². The molecule has 0 N–H and O–H groups in total. The van der Waals surface area contributed by atoms with Crippen molar-refractivity contribution in [2.75, 3.05) is 0 Å². The predicted molar refractivity (Wildman–Crippen MR) is 56.4 cm³/mol. The largest absolute Gasteiger partial charge is 0.257 e. The van der Waals surface area contributed by atoms with E-state index in [4.69, 9.17) is 0 Å². The molecule has 0 aliphatic carbocycles. The van der Waals surface area contributed by atoms with Crippen molar-refractivity contribution in [2.24, 2.45) is 4.99 Å². The van der Waals surface area contributed by atoms with Crippen molar-refractivity contribution < 1.29 is 0 Å². The van der Waals surface area contributed by atoms with E-state index < -0.39 is 0 Å². The summed E-state index contributed by atoms with van der Waals surface area (Å²) in [6, 6.07) is 0. The number of aliphatic imine (C=N–C) groups is 1. The Kier molecular flexibility index (Phi) is 5.62. The third-order valence-corrected chi connectivity index (χ3v) is 1.35. The van der Waals surface area contributed by atoms with Crippen LogP contribution in [0.4, 0.5) is 0 Å². The van der Waals surface area contributed by atoms with E-state index in [1.54, 1.807) is 18.4 Å². The lowest BCUT2D eigenvalue weighted by Gasteiger charge is -1.96. The van der Waals surface area contributed by atoms with Gasteiger partial charge in [0.1, 0.15) is 0 Å². The zero-order valence-electron chi connectivity index (χ0n) is 7.75. The monoisotopic (exact) mass is 161 g/mol. The van der Waals surface area contributed by atoms with Gasteiger partial charge in [0.15, 0.2) is 0 Å². The van der Waals surface area contributed by atoms with E-state index in [2.05, 4.69) is 18.2 Å². The van der Waals surface area contributed by atoms with Crippen molar-refractivity contribution >= 4 is 6.21 Å². The van der Waals surface area contributed by atoms with Gasteiger partial charge in [-0.3, -0.25) is 4.99 Å². The lowest BCUT2D eigenvalue weighted by molar-refractivity contribution is 1.32. The molecule has 0 heterocycles. The molecule has 0 aromatic heterocycles. The number of nitrogens with zero attached hydrogens (tertiary/aromatic N) is 1. The fourth-order valence-electron chi connectivity index (χ4n) is 0.672. The van der Waals surface area contributed by atoms with E-state index in [-0.39, 0.29) is 0 Å². The van der Waals surface area contributed by atoms with Gasteiger partial charge in [0.25, 0.3) is 0 Å². The number of rotatable bonds is 4. The first-order valence-electron chi connectivity index (χ1n) is 3.87. The maximum Gasteiger partial charge on any atom is 0.0655 e. The molecule has 1 nitrogen and oxygen atoms in total. The number of hydrogen-bond acceptors (Lipinski definition) is 1. The first-order valence-corrected chi connectivity index (χ1v) is 3.87. The lowest BCUT2D eigenvalue weighted by Crippen LogP contribution is -1.78. The van der Waals surface area contributed by atoms with Crippen LogP contribution in [0.3, 0.4) is 0 Å². The molecule has 0 bridgehead atoms. The summed E-state index contributed by atoms with van der Waals surface area (Å²) in [5.74, 6) is 0. The van der Waals surface area contributed by atoms with Crippen LogP contribution in [0.15, 0.2) is 53.7 Å². The molecular weight excluding hydrogens is 146 g/mol. The van der Waals surface area contributed by atoms with Crippen LogP contribution in [0.25, 0.3) is 0 Å². The summed E-state index contributed by atoms with van der Waals surface area (Å²) in [6.45, 7) is 11.2.